The fourth-order valence-electron chi connectivity index (χ4n) is 3.30. The molecular weight excluding hydrogens is 284 g/mol. The predicted molar refractivity (Wildman–Crippen MR) is 85.7 cm³/mol. The minimum Gasteiger partial charge on any atom is -0.459 e. The Morgan fingerprint density at radius 1 is 1.29 bits per heavy atom. The topological polar surface area (TPSA) is 45.5 Å². The lowest BCUT2D eigenvalue weighted by atomic mass is 9.94. The lowest BCUT2D eigenvalue weighted by Gasteiger charge is -2.39. The molecule has 0 spiro atoms. The zero-order valence-corrected chi connectivity index (χ0v) is 13.2. The molecule has 0 bridgehead atoms. The molecule has 4 nitrogen and oxygen atoms in total. The number of rotatable bonds is 4. The first-order chi connectivity index (χ1) is 10.3. The minimum absolute atomic E-state index is 0.0910. The molecule has 0 saturated carbocycles. The standard InChI is InChI=1S/C16H24N2O2S/c19-16(15-2-1-9-20-15)17-12-13-3-7-18(8-4-13)14-5-10-21-11-6-14/h1-2,9,13-14H,3-8,10-12H2,(H,17,19). The largest absolute Gasteiger partial charge is 0.459 e. The van der Waals surface area contributed by atoms with Crippen LogP contribution in [0.5, 0.6) is 0 Å². The van der Waals surface area contributed by atoms with Crippen LogP contribution in [0.2, 0.25) is 0 Å². The summed E-state index contributed by atoms with van der Waals surface area (Å²) in [5.74, 6) is 3.57. The summed E-state index contributed by atoms with van der Waals surface area (Å²) in [5.41, 5.74) is 0. The number of hydrogen-bond acceptors (Lipinski definition) is 4. The van der Waals surface area contributed by atoms with Gasteiger partial charge in [-0.2, -0.15) is 11.8 Å². The van der Waals surface area contributed by atoms with Gasteiger partial charge in [-0.05, 0) is 68.3 Å². The molecule has 1 amide bonds. The van der Waals surface area contributed by atoms with E-state index in [9.17, 15) is 4.79 Å². The summed E-state index contributed by atoms with van der Waals surface area (Å²) >= 11 is 2.09. The van der Waals surface area contributed by atoms with Gasteiger partial charge in [-0.25, -0.2) is 0 Å². The number of furan rings is 1. The molecule has 1 aromatic rings. The van der Waals surface area contributed by atoms with Crippen LogP contribution in [0, 0.1) is 5.92 Å². The van der Waals surface area contributed by atoms with E-state index in [0.717, 1.165) is 12.6 Å². The van der Waals surface area contributed by atoms with Gasteiger partial charge in [0.1, 0.15) is 0 Å². The molecule has 2 aliphatic heterocycles. The number of nitrogens with zero attached hydrogens (tertiary/aromatic N) is 1. The van der Waals surface area contributed by atoms with Gasteiger partial charge in [0.2, 0.25) is 0 Å². The number of nitrogens with one attached hydrogen (secondary N) is 1. The first kappa shape index (κ1) is 15.0. The molecule has 0 unspecified atom stereocenters. The third kappa shape index (κ3) is 4.04. The van der Waals surface area contributed by atoms with E-state index in [2.05, 4.69) is 22.0 Å². The quantitative estimate of drug-likeness (QED) is 0.929. The second-order valence-corrected chi connectivity index (χ2v) is 7.23. The number of carbonyl (C=O) groups is 1. The highest BCUT2D eigenvalue weighted by Crippen LogP contribution is 2.26. The molecule has 0 radical (unpaired) electrons. The third-order valence-corrected chi connectivity index (χ3v) is 5.70. The lowest BCUT2D eigenvalue weighted by molar-refractivity contribution is 0.0894. The summed E-state index contributed by atoms with van der Waals surface area (Å²) in [4.78, 5) is 14.5. The van der Waals surface area contributed by atoms with Crippen molar-refractivity contribution in [2.75, 3.05) is 31.1 Å². The molecule has 0 atom stereocenters. The molecule has 1 N–H and O–H groups in total. The smallest absolute Gasteiger partial charge is 0.286 e. The van der Waals surface area contributed by atoms with Crippen molar-refractivity contribution >= 4 is 17.7 Å². The molecular formula is C16H24N2O2S. The zero-order chi connectivity index (χ0) is 14.5. The van der Waals surface area contributed by atoms with Crippen molar-refractivity contribution in [3.05, 3.63) is 24.2 Å². The summed E-state index contributed by atoms with van der Waals surface area (Å²) in [5, 5.41) is 2.99. The fraction of sp³-hybridized carbons (Fsp3) is 0.688. The Hall–Kier alpha value is -0.940. The summed E-state index contributed by atoms with van der Waals surface area (Å²) in [6.07, 6.45) is 6.63. The van der Waals surface area contributed by atoms with Crippen molar-refractivity contribution in [3.8, 4) is 0 Å². The molecule has 2 fully saturated rings. The predicted octanol–water partition coefficient (Wildman–Crippen LogP) is 2.62. The SMILES string of the molecule is O=C(NCC1CCN(C2CCSCC2)CC1)c1ccco1. The van der Waals surface area contributed by atoms with E-state index in [1.165, 1.54) is 56.5 Å². The number of hydrogen-bond donors (Lipinski definition) is 1. The van der Waals surface area contributed by atoms with Gasteiger partial charge in [0.05, 0.1) is 6.26 Å². The normalized spacial score (nSPS) is 22.3. The Morgan fingerprint density at radius 3 is 2.71 bits per heavy atom. The number of amides is 1. The summed E-state index contributed by atoms with van der Waals surface area (Å²) in [6, 6.07) is 4.26. The van der Waals surface area contributed by atoms with Gasteiger partial charge in [-0.15, -0.1) is 0 Å². The average molecular weight is 308 g/mol. The zero-order valence-electron chi connectivity index (χ0n) is 12.4. The number of piperidine rings is 1. The Balaban J connectivity index is 1.38. The molecule has 2 aliphatic rings. The lowest BCUT2D eigenvalue weighted by Crippen LogP contribution is -2.44. The van der Waals surface area contributed by atoms with Gasteiger partial charge >= 0.3 is 0 Å². The van der Waals surface area contributed by atoms with E-state index in [1.54, 1.807) is 12.1 Å². The highest BCUT2D eigenvalue weighted by molar-refractivity contribution is 7.99. The maximum absolute atomic E-state index is 11.8. The van der Waals surface area contributed by atoms with Gasteiger partial charge in [0, 0.05) is 12.6 Å². The molecule has 21 heavy (non-hydrogen) atoms. The van der Waals surface area contributed by atoms with Gasteiger partial charge in [-0.3, -0.25) is 4.79 Å². The first-order valence-electron chi connectivity index (χ1n) is 7.96. The van der Waals surface area contributed by atoms with Crippen LogP contribution in [0.1, 0.15) is 36.2 Å². The van der Waals surface area contributed by atoms with E-state index in [0.29, 0.717) is 11.7 Å². The molecule has 116 valence electrons. The molecule has 1 aromatic heterocycles. The fourth-order valence-corrected chi connectivity index (χ4v) is 4.39. The van der Waals surface area contributed by atoms with E-state index >= 15 is 0 Å². The van der Waals surface area contributed by atoms with Crippen LogP contribution in [0.4, 0.5) is 0 Å². The summed E-state index contributed by atoms with van der Waals surface area (Å²) in [7, 11) is 0. The maximum atomic E-state index is 11.8. The molecule has 5 heteroatoms. The second kappa shape index (κ2) is 7.36. The Labute approximate surface area is 130 Å². The monoisotopic (exact) mass is 308 g/mol. The minimum atomic E-state index is -0.0910. The Kier molecular flexibility index (Phi) is 5.25. The number of thioether (sulfide) groups is 1. The summed E-state index contributed by atoms with van der Waals surface area (Å²) < 4.78 is 5.11. The van der Waals surface area contributed by atoms with Crippen LogP contribution in [0.3, 0.4) is 0 Å². The van der Waals surface area contributed by atoms with Crippen LogP contribution in [-0.2, 0) is 0 Å². The van der Waals surface area contributed by atoms with E-state index in [1.807, 2.05) is 0 Å². The molecule has 0 aliphatic carbocycles. The molecule has 0 aromatic carbocycles. The number of carbonyl (C=O) groups excluding carboxylic acids is 1. The maximum Gasteiger partial charge on any atom is 0.286 e. The van der Waals surface area contributed by atoms with Crippen molar-refractivity contribution in [3.63, 3.8) is 0 Å². The number of likely N-dealkylation sites (tertiary alicyclic amines) is 1. The van der Waals surface area contributed by atoms with Crippen LogP contribution < -0.4 is 5.32 Å². The van der Waals surface area contributed by atoms with Crippen molar-refractivity contribution < 1.29 is 9.21 Å². The Bertz CT molecular complexity index is 435. The molecule has 3 rings (SSSR count). The average Bonchev–Trinajstić information content (AvgIpc) is 3.08. The molecule has 3 heterocycles. The van der Waals surface area contributed by atoms with Crippen molar-refractivity contribution in [1.29, 1.82) is 0 Å². The van der Waals surface area contributed by atoms with Gasteiger partial charge in [-0.1, -0.05) is 0 Å². The van der Waals surface area contributed by atoms with E-state index in [4.69, 9.17) is 4.42 Å². The Morgan fingerprint density at radius 2 is 2.05 bits per heavy atom. The van der Waals surface area contributed by atoms with E-state index < -0.39 is 0 Å². The molecule has 2 saturated heterocycles. The van der Waals surface area contributed by atoms with Crippen LogP contribution in [0.15, 0.2) is 22.8 Å². The van der Waals surface area contributed by atoms with Gasteiger partial charge < -0.3 is 14.6 Å². The first-order valence-corrected chi connectivity index (χ1v) is 9.12. The van der Waals surface area contributed by atoms with Crippen LogP contribution in [-0.4, -0.2) is 48.0 Å². The van der Waals surface area contributed by atoms with Crippen molar-refractivity contribution in [2.24, 2.45) is 5.92 Å². The summed E-state index contributed by atoms with van der Waals surface area (Å²) in [6.45, 7) is 3.15. The highest BCUT2D eigenvalue weighted by Gasteiger charge is 2.26. The second-order valence-electron chi connectivity index (χ2n) is 6.01. The highest BCUT2D eigenvalue weighted by atomic mass is 32.2. The van der Waals surface area contributed by atoms with Crippen LogP contribution in [0.25, 0.3) is 0 Å². The van der Waals surface area contributed by atoms with Crippen molar-refractivity contribution in [1.82, 2.24) is 10.2 Å². The van der Waals surface area contributed by atoms with Gasteiger partial charge in [0.15, 0.2) is 5.76 Å². The van der Waals surface area contributed by atoms with Crippen molar-refractivity contribution in [2.45, 2.75) is 31.7 Å². The van der Waals surface area contributed by atoms with E-state index in [-0.39, 0.29) is 5.91 Å². The van der Waals surface area contributed by atoms with Crippen LogP contribution >= 0.6 is 11.8 Å². The third-order valence-electron chi connectivity index (χ3n) is 4.65. The van der Waals surface area contributed by atoms with Gasteiger partial charge in [0.25, 0.3) is 5.91 Å².